The number of hydrogen-bond acceptors (Lipinski definition) is 6. The summed E-state index contributed by atoms with van der Waals surface area (Å²) in [5.74, 6) is 0.848. The fraction of sp³-hybridized carbons (Fsp3) is 0.316. The predicted octanol–water partition coefficient (Wildman–Crippen LogP) is 2.69. The van der Waals surface area contributed by atoms with E-state index in [0.29, 0.717) is 6.54 Å². The van der Waals surface area contributed by atoms with Gasteiger partial charge >= 0.3 is 0 Å². The highest BCUT2D eigenvalue weighted by molar-refractivity contribution is 5.78. The van der Waals surface area contributed by atoms with Crippen LogP contribution in [0.4, 0.5) is 5.69 Å². The lowest BCUT2D eigenvalue weighted by Gasteiger charge is -2.17. The Morgan fingerprint density at radius 1 is 1.24 bits per heavy atom. The molecular weight excluding hydrogens is 314 g/mol. The number of hydrogen-bond donors (Lipinski definition) is 2. The minimum atomic E-state index is 0.223. The highest BCUT2D eigenvalue weighted by Crippen LogP contribution is 2.26. The number of nitrogens with one attached hydrogen (secondary N) is 2. The van der Waals surface area contributed by atoms with Gasteiger partial charge in [-0.15, -0.1) is 0 Å². The van der Waals surface area contributed by atoms with Gasteiger partial charge in [-0.25, -0.2) is 0 Å². The molecule has 4 rings (SSSR count). The maximum Gasteiger partial charge on any atom is 0.146 e. The van der Waals surface area contributed by atoms with Gasteiger partial charge in [-0.3, -0.25) is 15.0 Å². The number of anilines is 1. The fourth-order valence-electron chi connectivity index (χ4n) is 3.15. The van der Waals surface area contributed by atoms with E-state index in [1.165, 1.54) is 0 Å². The van der Waals surface area contributed by atoms with Gasteiger partial charge < -0.3 is 15.4 Å². The molecule has 6 heteroatoms. The van der Waals surface area contributed by atoms with Crippen molar-refractivity contribution in [2.75, 3.05) is 18.4 Å². The van der Waals surface area contributed by atoms with Crippen LogP contribution in [-0.2, 0) is 6.54 Å². The van der Waals surface area contributed by atoms with E-state index < -0.39 is 0 Å². The quantitative estimate of drug-likeness (QED) is 0.747. The van der Waals surface area contributed by atoms with Gasteiger partial charge in [0, 0.05) is 37.7 Å². The van der Waals surface area contributed by atoms with Crippen molar-refractivity contribution in [2.45, 2.75) is 26.0 Å². The first-order chi connectivity index (χ1) is 12.3. The summed E-state index contributed by atoms with van der Waals surface area (Å²) >= 11 is 0. The maximum absolute atomic E-state index is 6.10. The molecule has 6 nitrogen and oxygen atoms in total. The van der Waals surface area contributed by atoms with E-state index in [-0.39, 0.29) is 6.10 Å². The molecule has 0 bridgehead atoms. The van der Waals surface area contributed by atoms with Crippen LogP contribution in [0.25, 0.3) is 11.0 Å². The first-order valence-corrected chi connectivity index (χ1v) is 8.55. The van der Waals surface area contributed by atoms with Crippen molar-refractivity contribution in [2.24, 2.45) is 0 Å². The standard InChI is InChI=1S/C19H21N5O/c1-13-8-14(9-16-19(13)23-7-6-22-16)10-24-17-12-21-5-3-18(17)25-15-2-4-20-11-15/h3,5-9,12,15,20,24H,2,4,10-11H2,1H3. The molecule has 3 heterocycles. The number of ether oxygens (including phenoxy) is 1. The maximum atomic E-state index is 6.10. The average molecular weight is 335 g/mol. The predicted molar refractivity (Wildman–Crippen MR) is 97.7 cm³/mol. The molecule has 2 aromatic heterocycles. The molecule has 1 aromatic carbocycles. The van der Waals surface area contributed by atoms with E-state index in [1.54, 1.807) is 18.6 Å². The van der Waals surface area contributed by atoms with Gasteiger partial charge in [0.2, 0.25) is 0 Å². The van der Waals surface area contributed by atoms with Crippen LogP contribution in [0.5, 0.6) is 5.75 Å². The van der Waals surface area contributed by atoms with E-state index in [2.05, 4.69) is 44.6 Å². The molecule has 0 amide bonds. The number of pyridine rings is 1. The van der Waals surface area contributed by atoms with Crippen molar-refractivity contribution in [3.8, 4) is 5.75 Å². The van der Waals surface area contributed by atoms with Crippen LogP contribution in [0.1, 0.15) is 17.5 Å². The third-order valence-corrected chi connectivity index (χ3v) is 4.40. The molecular formula is C19H21N5O. The Bertz CT molecular complexity index is 877. The first-order valence-electron chi connectivity index (χ1n) is 8.55. The Morgan fingerprint density at radius 3 is 3.04 bits per heavy atom. The Hall–Kier alpha value is -2.73. The Labute approximate surface area is 146 Å². The van der Waals surface area contributed by atoms with Crippen LogP contribution in [0.3, 0.4) is 0 Å². The van der Waals surface area contributed by atoms with Gasteiger partial charge in [-0.2, -0.15) is 0 Å². The lowest BCUT2D eigenvalue weighted by atomic mass is 10.1. The van der Waals surface area contributed by atoms with Crippen molar-refractivity contribution in [1.29, 1.82) is 0 Å². The lowest BCUT2D eigenvalue weighted by molar-refractivity contribution is 0.224. The molecule has 0 saturated carbocycles. The Balaban J connectivity index is 1.51. The summed E-state index contributed by atoms with van der Waals surface area (Å²) in [5, 5.41) is 6.76. The second-order valence-corrected chi connectivity index (χ2v) is 6.29. The molecule has 128 valence electrons. The number of nitrogens with zero attached hydrogens (tertiary/aromatic N) is 3. The molecule has 1 unspecified atom stereocenters. The second kappa shape index (κ2) is 7.03. The highest BCUT2D eigenvalue weighted by atomic mass is 16.5. The second-order valence-electron chi connectivity index (χ2n) is 6.29. The van der Waals surface area contributed by atoms with E-state index in [4.69, 9.17) is 4.74 Å². The summed E-state index contributed by atoms with van der Waals surface area (Å²) in [5.41, 5.74) is 5.06. The Kier molecular flexibility index (Phi) is 4.43. The number of rotatable bonds is 5. The first kappa shape index (κ1) is 15.8. The number of fused-ring (bicyclic) bond motifs is 1. The zero-order valence-corrected chi connectivity index (χ0v) is 14.2. The van der Waals surface area contributed by atoms with Crippen LogP contribution < -0.4 is 15.4 Å². The van der Waals surface area contributed by atoms with Crippen LogP contribution in [0, 0.1) is 6.92 Å². The molecule has 25 heavy (non-hydrogen) atoms. The van der Waals surface area contributed by atoms with E-state index >= 15 is 0 Å². The largest absolute Gasteiger partial charge is 0.487 e. The molecule has 1 fully saturated rings. The zero-order valence-electron chi connectivity index (χ0n) is 14.2. The van der Waals surface area contributed by atoms with Crippen molar-refractivity contribution >= 4 is 16.7 Å². The summed E-state index contributed by atoms with van der Waals surface area (Å²) in [4.78, 5) is 13.0. The minimum Gasteiger partial charge on any atom is -0.487 e. The number of benzene rings is 1. The summed E-state index contributed by atoms with van der Waals surface area (Å²) in [7, 11) is 0. The van der Waals surface area contributed by atoms with Crippen molar-refractivity contribution in [1.82, 2.24) is 20.3 Å². The summed E-state index contributed by atoms with van der Waals surface area (Å²) in [6.45, 7) is 4.64. The number of aryl methyl sites for hydroxylation is 1. The van der Waals surface area contributed by atoms with E-state index in [9.17, 15) is 0 Å². The third kappa shape index (κ3) is 3.53. The normalized spacial score (nSPS) is 16.9. The van der Waals surface area contributed by atoms with Gasteiger partial charge in [0.05, 0.1) is 22.9 Å². The molecule has 0 spiro atoms. The lowest BCUT2D eigenvalue weighted by Crippen LogP contribution is -2.20. The van der Waals surface area contributed by atoms with Gasteiger partial charge in [-0.05, 0) is 37.1 Å². The van der Waals surface area contributed by atoms with E-state index in [1.807, 2.05) is 12.3 Å². The van der Waals surface area contributed by atoms with E-state index in [0.717, 1.165) is 53.1 Å². The van der Waals surface area contributed by atoms with Crippen LogP contribution in [0.2, 0.25) is 0 Å². The summed E-state index contributed by atoms with van der Waals surface area (Å²) in [6.07, 6.45) is 8.28. The highest BCUT2D eigenvalue weighted by Gasteiger charge is 2.17. The SMILES string of the molecule is Cc1cc(CNc2cnccc2OC2CCNC2)cc2nccnc12. The third-order valence-electron chi connectivity index (χ3n) is 4.40. The molecule has 1 atom stereocenters. The molecule has 0 aliphatic carbocycles. The molecule has 1 aliphatic rings. The molecule has 1 aliphatic heterocycles. The topological polar surface area (TPSA) is 72.0 Å². The zero-order chi connectivity index (χ0) is 17.1. The van der Waals surface area contributed by atoms with Gasteiger partial charge in [0.15, 0.2) is 0 Å². The summed E-state index contributed by atoms with van der Waals surface area (Å²) in [6, 6.07) is 6.12. The van der Waals surface area contributed by atoms with Gasteiger partial charge in [0.25, 0.3) is 0 Å². The van der Waals surface area contributed by atoms with Crippen molar-refractivity contribution in [3.63, 3.8) is 0 Å². The van der Waals surface area contributed by atoms with Crippen molar-refractivity contribution < 1.29 is 4.74 Å². The molecule has 1 saturated heterocycles. The summed E-state index contributed by atoms with van der Waals surface area (Å²) < 4.78 is 6.10. The molecule has 3 aromatic rings. The average Bonchev–Trinajstić information content (AvgIpc) is 3.14. The fourth-order valence-corrected chi connectivity index (χ4v) is 3.15. The Morgan fingerprint density at radius 2 is 2.16 bits per heavy atom. The smallest absolute Gasteiger partial charge is 0.146 e. The van der Waals surface area contributed by atoms with Crippen LogP contribution in [-0.4, -0.2) is 34.1 Å². The molecule has 0 radical (unpaired) electrons. The van der Waals surface area contributed by atoms with Crippen LogP contribution in [0.15, 0.2) is 43.0 Å². The number of aromatic nitrogens is 3. The molecule has 2 N–H and O–H groups in total. The van der Waals surface area contributed by atoms with Gasteiger partial charge in [0.1, 0.15) is 11.9 Å². The van der Waals surface area contributed by atoms with Crippen molar-refractivity contribution in [3.05, 3.63) is 54.1 Å². The van der Waals surface area contributed by atoms with Gasteiger partial charge in [-0.1, -0.05) is 6.07 Å². The minimum absolute atomic E-state index is 0.223. The monoisotopic (exact) mass is 335 g/mol. The van der Waals surface area contributed by atoms with Crippen LogP contribution >= 0.6 is 0 Å².